The van der Waals surface area contributed by atoms with Crippen molar-refractivity contribution in [3.63, 3.8) is 0 Å². The smallest absolute Gasteiger partial charge is 0.127 e. The van der Waals surface area contributed by atoms with Gasteiger partial charge in [0.1, 0.15) is 53.8 Å². The van der Waals surface area contributed by atoms with Crippen LogP contribution in [-0.2, 0) is 0 Å². The molecule has 162 valence electrons. The summed E-state index contributed by atoms with van der Waals surface area (Å²) < 4.78 is 22.8. The summed E-state index contributed by atoms with van der Waals surface area (Å²) in [5, 5.41) is 10.2. The Morgan fingerprint density at radius 3 is 1.12 bits per heavy atom. The first-order valence-corrected chi connectivity index (χ1v) is 10.3. The van der Waals surface area contributed by atoms with Crippen LogP contribution < -0.4 is 18.9 Å². The third kappa shape index (κ3) is 6.52. The van der Waals surface area contributed by atoms with E-state index in [1.165, 1.54) is 0 Å². The van der Waals surface area contributed by atoms with Crippen molar-refractivity contribution in [2.75, 3.05) is 13.2 Å². The predicted octanol–water partition coefficient (Wildman–Crippen LogP) is 6.09. The molecular weight excluding hydrogens is 404 g/mol. The molecule has 5 heteroatoms. The van der Waals surface area contributed by atoms with Gasteiger partial charge in [0.25, 0.3) is 0 Å². The number of hydrogen-bond donors (Lipinski definition) is 1. The summed E-state index contributed by atoms with van der Waals surface area (Å²) in [7, 11) is 0. The van der Waals surface area contributed by atoms with Gasteiger partial charge in [0, 0.05) is 0 Å². The van der Waals surface area contributed by atoms with Crippen LogP contribution in [0.3, 0.4) is 0 Å². The van der Waals surface area contributed by atoms with E-state index in [0.717, 1.165) is 11.5 Å². The Balaban J connectivity index is 1.19. The molecule has 0 radical (unpaired) electrons. The van der Waals surface area contributed by atoms with E-state index in [2.05, 4.69) is 0 Å². The summed E-state index contributed by atoms with van der Waals surface area (Å²) in [5.41, 5.74) is 0. The Kier molecular flexibility index (Phi) is 7.24. The first kappa shape index (κ1) is 21.3. The summed E-state index contributed by atoms with van der Waals surface area (Å²) in [6.45, 7) is 0.238. The molecule has 4 rings (SSSR count). The number of ether oxygens (including phenoxy) is 4. The predicted molar refractivity (Wildman–Crippen MR) is 123 cm³/mol. The van der Waals surface area contributed by atoms with Crippen LogP contribution in [-0.4, -0.2) is 24.4 Å². The Morgan fingerprint density at radius 1 is 0.438 bits per heavy atom. The van der Waals surface area contributed by atoms with E-state index in [0.29, 0.717) is 23.0 Å². The van der Waals surface area contributed by atoms with Gasteiger partial charge in [0.15, 0.2) is 0 Å². The zero-order chi connectivity index (χ0) is 22.0. The summed E-state index contributed by atoms with van der Waals surface area (Å²) in [5.74, 6) is 4.26. The van der Waals surface area contributed by atoms with Gasteiger partial charge in [-0.3, -0.25) is 0 Å². The Hall–Kier alpha value is -3.96. The quantitative estimate of drug-likeness (QED) is 0.331. The zero-order valence-corrected chi connectivity index (χ0v) is 17.5. The maximum atomic E-state index is 10.2. The summed E-state index contributed by atoms with van der Waals surface area (Å²) in [6.07, 6.45) is -0.768. The molecule has 0 aliphatic rings. The van der Waals surface area contributed by atoms with Gasteiger partial charge in [-0.05, 0) is 72.8 Å². The maximum absolute atomic E-state index is 10.2. The van der Waals surface area contributed by atoms with Crippen molar-refractivity contribution >= 4 is 0 Å². The Labute approximate surface area is 187 Å². The molecule has 0 aromatic heterocycles. The molecule has 0 amide bonds. The van der Waals surface area contributed by atoms with Crippen LogP contribution in [0.4, 0.5) is 0 Å². The molecular formula is C27H24O5. The molecule has 0 atom stereocenters. The molecule has 0 saturated heterocycles. The first-order chi connectivity index (χ1) is 15.7. The average Bonchev–Trinajstić information content (AvgIpc) is 2.84. The van der Waals surface area contributed by atoms with Gasteiger partial charge in [-0.25, -0.2) is 0 Å². The van der Waals surface area contributed by atoms with Gasteiger partial charge in [0.2, 0.25) is 0 Å². The first-order valence-electron chi connectivity index (χ1n) is 10.3. The minimum Gasteiger partial charge on any atom is -0.491 e. The highest BCUT2D eigenvalue weighted by Crippen LogP contribution is 2.25. The van der Waals surface area contributed by atoms with Crippen molar-refractivity contribution in [1.82, 2.24) is 0 Å². The second-order valence-corrected chi connectivity index (χ2v) is 7.05. The van der Waals surface area contributed by atoms with Gasteiger partial charge in [-0.15, -0.1) is 0 Å². The Morgan fingerprint density at radius 2 is 0.750 bits per heavy atom. The van der Waals surface area contributed by atoms with E-state index >= 15 is 0 Å². The minimum atomic E-state index is -0.768. The monoisotopic (exact) mass is 428 g/mol. The van der Waals surface area contributed by atoms with Crippen LogP contribution in [0.2, 0.25) is 0 Å². The number of hydrogen-bond acceptors (Lipinski definition) is 5. The van der Waals surface area contributed by atoms with Crippen LogP contribution in [0, 0.1) is 0 Å². The highest BCUT2D eigenvalue weighted by Gasteiger charge is 2.08. The highest BCUT2D eigenvalue weighted by atomic mass is 16.5. The molecule has 4 aromatic rings. The van der Waals surface area contributed by atoms with E-state index < -0.39 is 6.10 Å². The maximum Gasteiger partial charge on any atom is 0.127 e. The van der Waals surface area contributed by atoms with Crippen LogP contribution >= 0.6 is 0 Å². The van der Waals surface area contributed by atoms with Gasteiger partial charge in [-0.1, -0.05) is 36.4 Å². The van der Waals surface area contributed by atoms with Crippen LogP contribution in [0.5, 0.6) is 34.5 Å². The van der Waals surface area contributed by atoms with Crippen molar-refractivity contribution in [1.29, 1.82) is 0 Å². The molecule has 0 saturated carbocycles. The third-order valence-corrected chi connectivity index (χ3v) is 4.49. The van der Waals surface area contributed by atoms with Crippen molar-refractivity contribution in [2.24, 2.45) is 0 Å². The number of aliphatic hydroxyl groups excluding tert-OH is 1. The third-order valence-electron chi connectivity index (χ3n) is 4.49. The zero-order valence-electron chi connectivity index (χ0n) is 17.5. The topological polar surface area (TPSA) is 57.2 Å². The average molecular weight is 428 g/mol. The summed E-state index contributed by atoms with van der Waals surface area (Å²) in [4.78, 5) is 0. The van der Waals surface area contributed by atoms with Crippen LogP contribution in [0.15, 0.2) is 109 Å². The SMILES string of the molecule is OC(COc1ccc(Oc2ccccc2)cc1)COc1ccc(Oc2ccccc2)cc1. The van der Waals surface area contributed by atoms with E-state index in [4.69, 9.17) is 18.9 Å². The van der Waals surface area contributed by atoms with Gasteiger partial charge < -0.3 is 24.1 Å². The molecule has 0 heterocycles. The molecule has 0 unspecified atom stereocenters. The molecule has 4 aromatic carbocycles. The second-order valence-electron chi connectivity index (χ2n) is 7.05. The lowest BCUT2D eigenvalue weighted by molar-refractivity contribution is 0.0626. The lowest BCUT2D eigenvalue weighted by Gasteiger charge is -2.14. The lowest BCUT2D eigenvalue weighted by atomic mass is 10.3. The fourth-order valence-electron chi connectivity index (χ4n) is 2.89. The van der Waals surface area contributed by atoms with Crippen LogP contribution in [0.1, 0.15) is 0 Å². The van der Waals surface area contributed by atoms with Crippen molar-refractivity contribution in [3.05, 3.63) is 109 Å². The van der Waals surface area contributed by atoms with E-state index in [1.807, 2.05) is 84.9 Å². The van der Waals surface area contributed by atoms with Crippen molar-refractivity contribution in [2.45, 2.75) is 6.10 Å². The molecule has 32 heavy (non-hydrogen) atoms. The van der Waals surface area contributed by atoms with Crippen molar-refractivity contribution < 1.29 is 24.1 Å². The number of benzene rings is 4. The molecule has 5 nitrogen and oxygen atoms in total. The second kappa shape index (κ2) is 10.9. The summed E-state index contributed by atoms with van der Waals surface area (Å²) in [6, 6.07) is 33.6. The molecule has 0 spiro atoms. The highest BCUT2D eigenvalue weighted by molar-refractivity contribution is 5.36. The summed E-state index contributed by atoms with van der Waals surface area (Å²) >= 11 is 0. The van der Waals surface area contributed by atoms with E-state index in [9.17, 15) is 5.11 Å². The molecule has 0 bridgehead atoms. The van der Waals surface area contributed by atoms with E-state index in [-0.39, 0.29) is 13.2 Å². The molecule has 1 N–H and O–H groups in total. The molecule has 0 fully saturated rings. The number of para-hydroxylation sites is 2. The van der Waals surface area contributed by atoms with Crippen molar-refractivity contribution in [3.8, 4) is 34.5 Å². The molecule has 0 aliphatic heterocycles. The fraction of sp³-hybridized carbons (Fsp3) is 0.111. The van der Waals surface area contributed by atoms with Gasteiger partial charge in [0.05, 0.1) is 0 Å². The van der Waals surface area contributed by atoms with Gasteiger partial charge in [-0.2, -0.15) is 0 Å². The number of rotatable bonds is 10. The van der Waals surface area contributed by atoms with Crippen LogP contribution in [0.25, 0.3) is 0 Å². The Bertz CT molecular complexity index is 976. The lowest BCUT2D eigenvalue weighted by Crippen LogP contribution is -2.25. The number of aliphatic hydroxyl groups is 1. The van der Waals surface area contributed by atoms with E-state index in [1.54, 1.807) is 24.3 Å². The minimum absolute atomic E-state index is 0.119. The standard InChI is InChI=1S/C27H24O5/c28-21(19-29-22-11-15-26(16-12-22)31-24-7-3-1-4-8-24)20-30-23-13-17-27(18-14-23)32-25-9-5-2-6-10-25/h1-18,21,28H,19-20H2. The fourth-order valence-corrected chi connectivity index (χ4v) is 2.89. The normalized spacial score (nSPS) is 10.6. The molecule has 0 aliphatic carbocycles. The van der Waals surface area contributed by atoms with Gasteiger partial charge >= 0.3 is 0 Å². The largest absolute Gasteiger partial charge is 0.491 e.